The Morgan fingerprint density at radius 1 is 0.548 bits per heavy atom. The summed E-state index contributed by atoms with van der Waals surface area (Å²) in [6, 6.07) is 0. The molecule has 1 heterocycles. The van der Waals surface area contributed by atoms with Gasteiger partial charge < -0.3 is 34.3 Å². The number of esters is 2. The van der Waals surface area contributed by atoms with E-state index in [-0.39, 0.29) is 19.4 Å². The predicted octanol–water partition coefficient (Wildman–Crippen LogP) is 10.3. The van der Waals surface area contributed by atoms with Gasteiger partial charge in [-0.1, -0.05) is 152 Å². The normalized spacial score (nSPS) is 20.3. The van der Waals surface area contributed by atoms with Crippen molar-refractivity contribution in [2.24, 2.45) is 0 Å². The van der Waals surface area contributed by atoms with Crippen LogP contribution in [0.25, 0.3) is 0 Å². The maximum absolute atomic E-state index is 12.8. The summed E-state index contributed by atoms with van der Waals surface area (Å²) < 4.78 is 54.1. The number of allylic oxidation sites excluding steroid dienone is 8. The molecule has 1 aliphatic heterocycles. The molecule has 6 atom stereocenters. The first kappa shape index (κ1) is 57.6. The van der Waals surface area contributed by atoms with Crippen LogP contribution in [0.2, 0.25) is 0 Å². The third-order valence-electron chi connectivity index (χ3n) is 10.9. The zero-order chi connectivity index (χ0) is 45.5. The predicted molar refractivity (Wildman–Crippen MR) is 247 cm³/mol. The molecule has 6 unspecified atom stereocenters. The average Bonchev–Trinajstić information content (AvgIpc) is 3.24. The minimum atomic E-state index is -4.61. The van der Waals surface area contributed by atoms with Crippen LogP contribution in [0, 0.1) is 0 Å². The van der Waals surface area contributed by atoms with Crippen LogP contribution in [0.3, 0.4) is 0 Å². The Hall–Kier alpha value is -2.39. The zero-order valence-electron chi connectivity index (χ0n) is 38.5. The van der Waals surface area contributed by atoms with Crippen LogP contribution in [0.4, 0.5) is 0 Å². The number of carbonyl (C=O) groups is 2. The summed E-state index contributed by atoms with van der Waals surface area (Å²) in [5, 5.41) is 30.9. The molecular weight excluding hydrogens is 813 g/mol. The standard InChI is InChI=1S/C49H86O12S/c1-3-5-7-9-11-13-15-17-19-21-23-25-27-29-31-33-35-37-44(50)58-39-42(40-59-49-48(54)47(53)46(52)43(61-49)41-62(55,56)57)60-45(51)38-36-34-32-30-28-26-24-22-20-18-16-14-12-10-8-6-4-2/h11-14,17-20,42-43,46-49,52-54H,3-10,15-16,21-41H2,1-2H3,(H,55,56,57)/b13-11-,14-12-,19-17-,20-18-. The highest BCUT2D eigenvalue weighted by molar-refractivity contribution is 7.85. The molecule has 0 spiro atoms. The van der Waals surface area contributed by atoms with E-state index in [1.54, 1.807) is 0 Å². The molecule has 0 radical (unpaired) electrons. The summed E-state index contributed by atoms with van der Waals surface area (Å²) in [7, 11) is -4.61. The fourth-order valence-electron chi connectivity index (χ4n) is 7.09. The molecule has 0 aromatic heterocycles. The summed E-state index contributed by atoms with van der Waals surface area (Å²) >= 11 is 0. The van der Waals surface area contributed by atoms with Crippen molar-refractivity contribution in [3.8, 4) is 0 Å². The molecule has 0 aliphatic carbocycles. The minimum absolute atomic E-state index is 0.153. The molecule has 4 N–H and O–H groups in total. The van der Waals surface area contributed by atoms with Crippen LogP contribution in [0.5, 0.6) is 0 Å². The van der Waals surface area contributed by atoms with Crippen LogP contribution >= 0.6 is 0 Å². The Morgan fingerprint density at radius 3 is 1.42 bits per heavy atom. The van der Waals surface area contributed by atoms with Crippen molar-refractivity contribution in [3.63, 3.8) is 0 Å². The van der Waals surface area contributed by atoms with Crippen molar-refractivity contribution >= 4 is 22.1 Å². The first-order valence-corrected chi connectivity index (χ1v) is 25.8. The second-order valence-electron chi connectivity index (χ2n) is 16.8. The SMILES string of the molecule is CCCCC/C=C\C/C=C\CCCCCCCCCC(=O)OCC(COC1OC(CS(=O)(=O)O)C(O)C(O)C1O)OC(=O)CCCCCCCCC/C=C\C/C=C\CCCCC. The molecule has 0 saturated carbocycles. The first-order chi connectivity index (χ1) is 30.0. The van der Waals surface area contributed by atoms with Gasteiger partial charge in [-0.2, -0.15) is 8.42 Å². The van der Waals surface area contributed by atoms with E-state index < -0.39 is 71.2 Å². The Kier molecular flexibility index (Phi) is 36.3. The molecule has 0 amide bonds. The molecule has 1 saturated heterocycles. The van der Waals surface area contributed by atoms with E-state index >= 15 is 0 Å². The highest BCUT2D eigenvalue weighted by Gasteiger charge is 2.46. The molecule has 1 rings (SSSR count). The maximum Gasteiger partial charge on any atom is 0.306 e. The second kappa shape index (κ2) is 39.0. The molecule has 12 nitrogen and oxygen atoms in total. The van der Waals surface area contributed by atoms with Gasteiger partial charge in [0.2, 0.25) is 0 Å². The van der Waals surface area contributed by atoms with Gasteiger partial charge in [-0.15, -0.1) is 0 Å². The van der Waals surface area contributed by atoms with Crippen LogP contribution in [-0.4, -0.2) is 96.0 Å². The lowest BCUT2D eigenvalue weighted by atomic mass is 10.00. The number of aliphatic hydroxyl groups is 3. The fourth-order valence-corrected chi connectivity index (χ4v) is 7.78. The molecule has 13 heteroatoms. The molecular formula is C49H86O12S. The zero-order valence-corrected chi connectivity index (χ0v) is 39.3. The van der Waals surface area contributed by atoms with Crippen molar-refractivity contribution < 1.29 is 56.8 Å². The molecule has 360 valence electrons. The fraction of sp³-hybridized carbons (Fsp3) is 0.796. The van der Waals surface area contributed by atoms with E-state index in [4.69, 9.17) is 18.9 Å². The van der Waals surface area contributed by atoms with Crippen molar-refractivity contribution in [2.75, 3.05) is 19.0 Å². The number of rotatable bonds is 40. The topological polar surface area (TPSA) is 186 Å². The number of hydrogen-bond donors (Lipinski definition) is 4. The van der Waals surface area contributed by atoms with Crippen LogP contribution in [0.1, 0.15) is 194 Å². The third-order valence-corrected chi connectivity index (χ3v) is 11.6. The van der Waals surface area contributed by atoms with E-state index in [0.717, 1.165) is 83.5 Å². The van der Waals surface area contributed by atoms with E-state index in [2.05, 4.69) is 62.5 Å². The molecule has 0 aromatic carbocycles. The third kappa shape index (κ3) is 33.2. The van der Waals surface area contributed by atoms with Crippen LogP contribution in [0.15, 0.2) is 48.6 Å². The van der Waals surface area contributed by atoms with Crippen molar-refractivity contribution in [1.29, 1.82) is 0 Å². The maximum atomic E-state index is 12.8. The summed E-state index contributed by atoms with van der Waals surface area (Å²) in [6.45, 7) is 3.70. The lowest BCUT2D eigenvalue weighted by molar-refractivity contribution is -0.297. The van der Waals surface area contributed by atoms with Gasteiger partial charge in [0, 0.05) is 12.8 Å². The Morgan fingerprint density at radius 2 is 0.968 bits per heavy atom. The van der Waals surface area contributed by atoms with Gasteiger partial charge in [-0.3, -0.25) is 14.1 Å². The molecule has 1 fully saturated rings. The summed E-state index contributed by atoms with van der Waals surface area (Å²) in [4.78, 5) is 25.5. The highest BCUT2D eigenvalue weighted by atomic mass is 32.2. The first-order valence-electron chi connectivity index (χ1n) is 24.2. The largest absolute Gasteiger partial charge is 0.462 e. The molecule has 1 aliphatic rings. The van der Waals surface area contributed by atoms with E-state index in [1.165, 1.54) is 70.6 Å². The number of hydrogen-bond acceptors (Lipinski definition) is 11. The number of unbranched alkanes of at least 4 members (excludes halogenated alkanes) is 20. The monoisotopic (exact) mass is 899 g/mol. The molecule has 0 bridgehead atoms. The smallest absolute Gasteiger partial charge is 0.306 e. The van der Waals surface area contributed by atoms with Gasteiger partial charge in [-0.05, 0) is 77.0 Å². The Labute approximate surface area is 375 Å². The quantitative estimate of drug-likeness (QED) is 0.0198. The van der Waals surface area contributed by atoms with Gasteiger partial charge in [0.1, 0.15) is 36.8 Å². The number of carbonyl (C=O) groups excluding carboxylic acids is 2. The van der Waals surface area contributed by atoms with Crippen LogP contribution < -0.4 is 0 Å². The van der Waals surface area contributed by atoms with E-state index in [0.29, 0.717) is 12.8 Å². The molecule has 0 aromatic rings. The Balaban J connectivity index is 2.42. The van der Waals surface area contributed by atoms with Crippen molar-refractivity contribution in [1.82, 2.24) is 0 Å². The minimum Gasteiger partial charge on any atom is -0.462 e. The highest BCUT2D eigenvalue weighted by Crippen LogP contribution is 2.24. The average molecular weight is 899 g/mol. The molecule has 62 heavy (non-hydrogen) atoms. The van der Waals surface area contributed by atoms with Gasteiger partial charge >= 0.3 is 11.9 Å². The van der Waals surface area contributed by atoms with Crippen molar-refractivity contribution in [2.45, 2.75) is 230 Å². The number of ether oxygens (including phenoxy) is 4. The lowest BCUT2D eigenvalue weighted by Crippen LogP contribution is -2.60. The number of aliphatic hydroxyl groups excluding tert-OH is 3. The van der Waals surface area contributed by atoms with Gasteiger partial charge in [0.15, 0.2) is 12.4 Å². The van der Waals surface area contributed by atoms with E-state index in [9.17, 15) is 37.9 Å². The summed E-state index contributed by atoms with van der Waals surface area (Å²) in [6.07, 6.45) is 37.1. The second-order valence-corrected chi connectivity index (χ2v) is 18.3. The van der Waals surface area contributed by atoms with Gasteiger partial charge in [0.25, 0.3) is 10.1 Å². The van der Waals surface area contributed by atoms with Crippen molar-refractivity contribution in [3.05, 3.63) is 48.6 Å². The van der Waals surface area contributed by atoms with Gasteiger partial charge in [0.05, 0.1) is 6.61 Å². The van der Waals surface area contributed by atoms with E-state index in [1.807, 2.05) is 0 Å². The lowest BCUT2D eigenvalue weighted by Gasteiger charge is -2.40. The van der Waals surface area contributed by atoms with Crippen LogP contribution in [-0.2, 0) is 38.7 Å². The van der Waals surface area contributed by atoms with Gasteiger partial charge in [-0.25, -0.2) is 0 Å². The summed E-state index contributed by atoms with van der Waals surface area (Å²) in [5.74, 6) is -2.00. The summed E-state index contributed by atoms with van der Waals surface area (Å²) in [5.41, 5.74) is 0. The Bertz CT molecular complexity index is 1330.